The van der Waals surface area contributed by atoms with Crippen molar-refractivity contribution < 1.29 is 17.9 Å². The highest BCUT2D eigenvalue weighted by Crippen LogP contribution is 2.34. The van der Waals surface area contributed by atoms with Gasteiger partial charge in [0.1, 0.15) is 18.1 Å². The van der Waals surface area contributed by atoms with E-state index in [0.717, 1.165) is 18.0 Å². The summed E-state index contributed by atoms with van der Waals surface area (Å²) in [6, 6.07) is 10.1. The van der Waals surface area contributed by atoms with Crippen LogP contribution in [-0.2, 0) is 10.0 Å². The number of sulfonamides is 1. The summed E-state index contributed by atoms with van der Waals surface area (Å²) in [5.41, 5.74) is 1.99. The van der Waals surface area contributed by atoms with Gasteiger partial charge in [0.05, 0.1) is 29.9 Å². The minimum absolute atomic E-state index is 0.227. The van der Waals surface area contributed by atoms with Gasteiger partial charge in [-0.15, -0.1) is 0 Å². The lowest BCUT2D eigenvalue weighted by Crippen LogP contribution is -2.28. The number of fused-ring (bicyclic) bond motifs is 1. The standard InChI is InChI=1S/C17H20N2O4S/c1-12-10-14(22-3)5-7-17(12)24(20,21)18-13-4-6-16-15(11-13)19(2)8-9-23-16/h4-7,10-11,18H,8-9H2,1-3H3. The van der Waals surface area contributed by atoms with E-state index in [1.807, 2.05) is 11.9 Å². The summed E-state index contributed by atoms with van der Waals surface area (Å²) in [4.78, 5) is 2.26. The second-order valence-electron chi connectivity index (χ2n) is 5.69. The lowest BCUT2D eigenvalue weighted by atomic mass is 10.2. The summed E-state index contributed by atoms with van der Waals surface area (Å²) in [5.74, 6) is 1.38. The molecule has 0 radical (unpaired) electrons. The van der Waals surface area contributed by atoms with Crippen LogP contribution in [0.4, 0.5) is 11.4 Å². The molecule has 24 heavy (non-hydrogen) atoms. The lowest BCUT2D eigenvalue weighted by Gasteiger charge is -2.28. The Bertz CT molecular complexity index is 865. The minimum Gasteiger partial charge on any atom is -0.497 e. The Morgan fingerprint density at radius 2 is 2.00 bits per heavy atom. The van der Waals surface area contributed by atoms with Crippen LogP contribution in [0.2, 0.25) is 0 Å². The summed E-state index contributed by atoms with van der Waals surface area (Å²) in [5, 5.41) is 0. The number of methoxy groups -OCH3 is 1. The second kappa shape index (κ2) is 6.24. The Balaban J connectivity index is 1.91. The normalized spacial score (nSPS) is 13.9. The van der Waals surface area contributed by atoms with E-state index in [2.05, 4.69) is 4.72 Å². The molecule has 0 atom stereocenters. The third-order valence-electron chi connectivity index (χ3n) is 3.98. The zero-order valence-corrected chi connectivity index (χ0v) is 14.7. The fourth-order valence-corrected chi connectivity index (χ4v) is 3.95. The highest BCUT2D eigenvalue weighted by Gasteiger charge is 2.20. The zero-order chi connectivity index (χ0) is 17.3. The molecule has 3 rings (SSSR count). The van der Waals surface area contributed by atoms with Crippen molar-refractivity contribution in [3.8, 4) is 11.5 Å². The van der Waals surface area contributed by atoms with Gasteiger partial charge in [0.2, 0.25) is 0 Å². The summed E-state index contributed by atoms with van der Waals surface area (Å²) < 4.78 is 38.7. The Kier molecular flexibility index (Phi) is 4.28. The van der Waals surface area contributed by atoms with Crippen LogP contribution in [0.3, 0.4) is 0 Å². The number of anilines is 2. The molecule has 1 aliphatic heterocycles. The van der Waals surface area contributed by atoms with Crippen LogP contribution in [0.25, 0.3) is 0 Å². The van der Waals surface area contributed by atoms with Gasteiger partial charge in [-0.2, -0.15) is 0 Å². The Labute approximate surface area is 142 Å². The molecule has 0 unspecified atom stereocenters. The molecule has 1 aliphatic rings. The average molecular weight is 348 g/mol. The molecular formula is C17H20N2O4S. The van der Waals surface area contributed by atoms with Crippen LogP contribution in [0.1, 0.15) is 5.56 Å². The smallest absolute Gasteiger partial charge is 0.262 e. The van der Waals surface area contributed by atoms with Crippen LogP contribution in [0, 0.1) is 6.92 Å². The lowest BCUT2D eigenvalue weighted by molar-refractivity contribution is 0.311. The fourth-order valence-electron chi connectivity index (χ4n) is 2.67. The summed E-state index contributed by atoms with van der Waals surface area (Å²) in [6.45, 7) is 3.13. The third kappa shape index (κ3) is 3.12. The largest absolute Gasteiger partial charge is 0.497 e. The molecule has 2 aromatic carbocycles. The highest BCUT2D eigenvalue weighted by atomic mass is 32.2. The van der Waals surface area contributed by atoms with Gasteiger partial charge >= 0.3 is 0 Å². The first-order valence-corrected chi connectivity index (χ1v) is 9.04. The van der Waals surface area contributed by atoms with Crippen molar-refractivity contribution in [1.29, 1.82) is 0 Å². The zero-order valence-electron chi connectivity index (χ0n) is 13.9. The number of rotatable bonds is 4. The van der Waals surface area contributed by atoms with E-state index in [1.165, 1.54) is 0 Å². The van der Waals surface area contributed by atoms with E-state index in [1.54, 1.807) is 50.4 Å². The van der Waals surface area contributed by atoms with Gasteiger partial charge in [-0.1, -0.05) is 0 Å². The monoisotopic (exact) mass is 348 g/mol. The van der Waals surface area contributed by atoms with Crippen LogP contribution in [0.5, 0.6) is 11.5 Å². The molecule has 0 saturated carbocycles. The molecule has 0 aliphatic carbocycles. The predicted octanol–water partition coefficient (Wildman–Crippen LogP) is 2.63. The van der Waals surface area contributed by atoms with Gasteiger partial charge in [0.25, 0.3) is 10.0 Å². The molecule has 0 spiro atoms. The SMILES string of the molecule is COc1ccc(S(=O)(=O)Nc2ccc3c(c2)N(C)CCO3)c(C)c1. The molecule has 0 bridgehead atoms. The highest BCUT2D eigenvalue weighted by molar-refractivity contribution is 7.92. The Morgan fingerprint density at radius 1 is 1.21 bits per heavy atom. The predicted molar refractivity (Wildman–Crippen MR) is 93.7 cm³/mol. The van der Waals surface area contributed by atoms with E-state index in [0.29, 0.717) is 23.6 Å². The molecule has 1 heterocycles. The van der Waals surface area contributed by atoms with Gasteiger partial charge in [0, 0.05) is 7.05 Å². The van der Waals surface area contributed by atoms with E-state index in [4.69, 9.17) is 9.47 Å². The second-order valence-corrected chi connectivity index (χ2v) is 7.34. The molecule has 128 valence electrons. The van der Waals surface area contributed by atoms with Gasteiger partial charge in [0.15, 0.2) is 0 Å². The minimum atomic E-state index is -3.68. The molecule has 6 nitrogen and oxygen atoms in total. The maximum atomic E-state index is 12.7. The third-order valence-corrected chi connectivity index (χ3v) is 5.52. The topological polar surface area (TPSA) is 67.9 Å². The van der Waals surface area contributed by atoms with E-state index in [-0.39, 0.29) is 4.90 Å². The first-order chi connectivity index (χ1) is 11.4. The number of benzene rings is 2. The van der Waals surface area contributed by atoms with E-state index < -0.39 is 10.0 Å². The Morgan fingerprint density at radius 3 is 2.71 bits per heavy atom. The maximum Gasteiger partial charge on any atom is 0.262 e. The quantitative estimate of drug-likeness (QED) is 0.920. The molecule has 0 aromatic heterocycles. The first kappa shape index (κ1) is 16.4. The Hall–Kier alpha value is -2.41. The first-order valence-electron chi connectivity index (χ1n) is 7.56. The number of aryl methyl sites for hydroxylation is 1. The number of hydrogen-bond donors (Lipinski definition) is 1. The van der Waals surface area contributed by atoms with Crippen LogP contribution in [0.15, 0.2) is 41.3 Å². The van der Waals surface area contributed by atoms with E-state index >= 15 is 0 Å². The van der Waals surface area contributed by atoms with Crippen molar-refractivity contribution in [3.05, 3.63) is 42.0 Å². The number of ether oxygens (including phenoxy) is 2. The number of likely N-dealkylation sites (N-methyl/N-ethyl adjacent to an activating group) is 1. The van der Waals surface area contributed by atoms with Crippen LogP contribution in [-0.4, -0.2) is 35.7 Å². The fraction of sp³-hybridized carbons (Fsp3) is 0.294. The van der Waals surface area contributed by atoms with Gasteiger partial charge < -0.3 is 14.4 Å². The van der Waals surface area contributed by atoms with Crippen molar-refractivity contribution in [2.45, 2.75) is 11.8 Å². The summed E-state index contributed by atoms with van der Waals surface area (Å²) in [7, 11) is -0.178. The number of nitrogens with one attached hydrogen (secondary N) is 1. The summed E-state index contributed by atoms with van der Waals surface area (Å²) in [6.07, 6.45) is 0. The van der Waals surface area contributed by atoms with Crippen molar-refractivity contribution in [2.75, 3.05) is 36.9 Å². The van der Waals surface area contributed by atoms with Crippen molar-refractivity contribution in [1.82, 2.24) is 0 Å². The van der Waals surface area contributed by atoms with Gasteiger partial charge in [-0.25, -0.2) is 8.42 Å². The van der Waals surface area contributed by atoms with Crippen molar-refractivity contribution >= 4 is 21.4 Å². The van der Waals surface area contributed by atoms with Crippen molar-refractivity contribution in [2.24, 2.45) is 0 Å². The van der Waals surface area contributed by atoms with Crippen molar-refractivity contribution in [3.63, 3.8) is 0 Å². The van der Waals surface area contributed by atoms with Gasteiger partial charge in [-0.05, 0) is 48.9 Å². The molecule has 0 fully saturated rings. The van der Waals surface area contributed by atoms with Crippen LogP contribution >= 0.6 is 0 Å². The van der Waals surface area contributed by atoms with Gasteiger partial charge in [-0.3, -0.25) is 4.72 Å². The molecule has 7 heteroatoms. The molecular weight excluding hydrogens is 328 g/mol. The van der Waals surface area contributed by atoms with E-state index in [9.17, 15) is 8.42 Å². The number of nitrogens with zero attached hydrogens (tertiary/aromatic N) is 1. The van der Waals surface area contributed by atoms with Crippen LogP contribution < -0.4 is 19.1 Å². The number of hydrogen-bond acceptors (Lipinski definition) is 5. The average Bonchev–Trinajstić information content (AvgIpc) is 2.55. The molecule has 1 N–H and O–H groups in total. The molecule has 2 aromatic rings. The molecule has 0 saturated heterocycles. The maximum absolute atomic E-state index is 12.7. The summed E-state index contributed by atoms with van der Waals surface area (Å²) >= 11 is 0. The molecule has 0 amide bonds.